The van der Waals surface area contributed by atoms with Crippen molar-refractivity contribution in [1.82, 2.24) is 14.5 Å². The number of fused-ring (bicyclic) bond motifs is 1. The Bertz CT molecular complexity index is 1290. The van der Waals surface area contributed by atoms with Crippen LogP contribution in [0, 0.1) is 12.8 Å². The van der Waals surface area contributed by atoms with Gasteiger partial charge in [0.2, 0.25) is 5.91 Å². The van der Waals surface area contributed by atoms with Crippen LogP contribution in [0.3, 0.4) is 0 Å². The molecule has 1 amide bonds. The van der Waals surface area contributed by atoms with E-state index in [9.17, 15) is 4.79 Å². The molecule has 1 aliphatic heterocycles. The number of carbonyl (C=O) groups is 1. The predicted octanol–water partition coefficient (Wildman–Crippen LogP) is 5.95. The lowest BCUT2D eigenvalue weighted by molar-refractivity contribution is -0.121. The topological polar surface area (TPSA) is 50.2 Å². The van der Waals surface area contributed by atoms with E-state index in [1.807, 2.05) is 43.3 Å². The van der Waals surface area contributed by atoms with E-state index in [0.717, 1.165) is 70.7 Å². The number of piperidine rings is 1. The molecule has 4 aromatic rings. The van der Waals surface area contributed by atoms with E-state index in [1.54, 1.807) is 0 Å². The first-order chi connectivity index (χ1) is 16.1. The summed E-state index contributed by atoms with van der Waals surface area (Å²) in [5, 5.41) is 3.09. The molecular formula is C27H27BrN4O. The third kappa shape index (κ3) is 4.87. The highest BCUT2D eigenvalue weighted by Crippen LogP contribution is 2.26. The number of rotatable bonds is 5. The van der Waals surface area contributed by atoms with E-state index in [2.05, 4.69) is 67.1 Å². The third-order valence-corrected chi connectivity index (χ3v) is 6.80. The van der Waals surface area contributed by atoms with Gasteiger partial charge in [-0.15, -0.1) is 0 Å². The number of hydrogen-bond donors (Lipinski definition) is 1. The van der Waals surface area contributed by atoms with Gasteiger partial charge in [0.25, 0.3) is 0 Å². The monoisotopic (exact) mass is 502 g/mol. The molecule has 168 valence electrons. The fourth-order valence-corrected chi connectivity index (χ4v) is 4.99. The Morgan fingerprint density at radius 1 is 1.03 bits per heavy atom. The number of amides is 1. The summed E-state index contributed by atoms with van der Waals surface area (Å²) in [6.07, 6.45) is 1.71. The van der Waals surface area contributed by atoms with Gasteiger partial charge in [-0.25, -0.2) is 4.98 Å². The van der Waals surface area contributed by atoms with Crippen molar-refractivity contribution in [2.75, 3.05) is 18.4 Å². The van der Waals surface area contributed by atoms with Gasteiger partial charge in [-0.2, -0.15) is 0 Å². The van der Waals surface area contributed by atoms with Gasteiger partial charge in [-0.3, -0.25) is 14.3 Å². The van der Waals surface area contributed by atoms with Crippen LogP contribution in [0.25, 0.3) is 16.7 Å². The number of aryl methyl sites for hydroxylation is 1. The van der Waals surface area contributed by atoms with Crippen molar-refractivity contribution in [1.29, 1.82) is 0 Å². The van der Waals surface area contributed by atoms with Crippen LogP contribution < -0.4 is 5.32 Å². The number of likely N-dealkylation sites (tertiary alicyclic amines) is 1. The Kier molecular flexibility index (Phi) is 6.29. The molecule has 3 aromatic carbocycles. The van der Waals surface area contributed by atoms with E-state index in [4.69, 9.17) is 4.98 Å². The summed E-state index contributed by atoms with van der Waals surface area (Å²) in [5.41, 5.74) is 5.24. The zero-order chi connectivity index (χ0) is 22.8. The molecule has 0 atom stereocenters. The smallest absolute Gasteiger partial charge is 0.227 e. The molecule has 1 aliphatic rings. The van der Waals surface area contributed by atoms with Crippen LogP contribution in [0.4, 0.5) is 5.69 Å². The molecule has 0 saturated carbocycles. The van der Waals surface area contributed by atoms with Crippen molar-refractivity contribution in [2.45, 2.75) is 26.3 Å². The molecule has 6 heteroatoms. The average molecular weight is 503 g/mol. The lowest BCUT2D eigenvalue weighted by atomic mass is 9.95. The Morgan fingerprint density at radius 3 is 2.61 bits per heavy atom. The second kappa shape index (κ2) is 9.49. The Labute approximate surface area is 202 Å². The molecule has 5 rings (SSSR count). The summed E-state index contributed by atoms with van der Waals surface area (Å²) in [5.74, 6) is 1.20. The Morgan fingerprint density at radius 2 is 1.82 bits per heavy atom. The second-order valence-electron chi connectivity index (χ2n) is 8.74. The standard InChI is InChI=1S/C27H27BrN4O/c1-19-6-4-8-22(16-19)29-27(33)20-12-14-31(15-13-20)18-26-30-24-10-2-3-11-25(24)32(26)23-9-5-7-21(28)17-23/h2-11,16-17,20H,12-15,18H2,1H3,(H,29,33). The fraction of sp³-hybridized carbons (Fsp3) is 0.259. The molecule has 0 aliphatic carbocycles. The SMILES string of the molecule is Cc1cccc(NC(=O)C2CCN(Cc3nc4ccccc4n3-c3cccc(Br)c3)CC2)c1. The van der Waals surface area contributed by atoms with Crippen molar-refractivity contribution < 1.29 is 4.79 Å². The number of halogens is 1. The van der Waals surface area contributed by atoms with Gasteiger partial charge in [0, 0.05) is 21.8 Å². The highest BCUT2D eigenvalue weighted by atomic mass is 79.9. The van der Waals surface area contributed by atoms with Crippen molar-refractivity contribution in [3.63, 3.8) is 0 Å². The Hall–Kier alpha value is -2.96. The molecule has 1 aromatic heterocycles. The first kappa shape index (κ1) is 21.9. The number of nitrogens with one attached hydrogen (secondary N) is 1. The molecule has 1 N–H and O–H groups in total. The summed E-state index contributed by atoms with van der Waals surface area (Å²) in [6, 6.07) is 24.6. The normalized spacial score (nSPS) is 15.1. The highest BCUT2D eigenvalue weighted by molar-refractivity contribution is 9.10. The van der Waals surface area contributed by atoms with Crippen LogP contribution in [0.2, 0.25) is 0 Å². The van der Waals surface area contributed by atoms with Crippen molar-refractivity contribution >= 4 is 38.6 Å². The number of carbonyl (C=O) groups excluding carboxylic acids is 1. The maximum Gasteiger partial charge on any atom is 0.227 e. The molecule has 0 radical (unpaired) electrons. The van der Waals surface area contributed by atoms with Crippen LogP contribution in [-0.4, -0.2) is 33.4 Å². The Balaban J connectivity index is 1.30. The maximum atomic E-state index is 12.8. The molecule has 5 nitrogen and oxygen atoms in total. The van der Waals surface area contributed by atoms with E-state index in [0.29, 0.717) is 0 Å². The van der Waals surface area contributed by atoms with Crippen molar-refractivity contribution in [2.24, 2.45) is 5.92 Å². The van der Waals surface area contributed by atoms with Crippen molar-refractivity contribution in [3.8, 4) is 5.69 Å². The number of para-hydroxylation sites is 2. The van der Waals surface area contributed by atoms with Gasteiger partial charge >= 0.3 is 0 Å². The first-order valence-electron chi connectivity index (χ1n) is 11.4. The third-order valence-electron chi connectivity index (χ3n) is 6.31. The van der Waals surface area contributed by atoms with Gasteiger partial charge in [0.15, 0.2) is 0 Å². The molecule has 0 bridgehead atoms. The minimum atomic E-state index is 0.0469. The number of hydrogen-bond acceptors (Lipinski definition) is 3. The largest absolute Gasteiger partial charge is 0.326 e. The summed E-state index contributed by atoms with van der Waals surface area (Å²) >= 11 is 3.60. The first-order valence-corrected chi connectivity index (χ1v) is 12.2. The van der Waals surface area contributed by atoms with E-state index in [1.165, 1.54) is 0 Å². The van der Waals surface area contributed by atoms with Gasteiger partial charge in [0.05, 0.1) is 17.6 Å². The van der Waals surface area contributed by atoms with Gasteiger partial charge < -0.3 is 5.32 Å². The van der Waals surface area contributed by atoms with E-state index < -0.39 is 0 Å². The van der Waals surface area contributed by atoms with Crippen LogP contribution in [-0.2, 0) is 11.3 Å². The molecular weight excluding hydrogens is 476 g/mol. The molecule has 1 saturated heterocycles. The molecule has 2 heterocycles. The van der Waals surface area contributed by atoms with Crippen molar-refractivity contribution in [3.05, 3.63) is 88.7 Å². The summed E-state index contributed by atoms with van der Waals surface area (Å²) in [4.78, 5) is 20.1. The number of anilines is 1. The lowest BCUT2D eigenvalue weighted by Crippen LogP contribution is -2.38. The highest BCUT2D eigenvalue weighted by Gasteiger charge is 2.26. The maximum absolute atomic E-state index is 12.8. The van der Waals surface area contributed by atoms with Crippen LogP contribution in [0.15, 0.2) is 77.3 Å². The van der Waals surface area contributed by atoms with Crippen LogP contribution >= 0.6 is 15.9 Å². The number of nitrogens with zero attached hydrogens (tertiary/aromatic N) is 3. The number of imidazole rings is 1. The lowest BCUT2D eigenvalue weighted by Gasteiger charge is -2.31. The van der Waals surface area contributed by atoms with Crippen LogP contribution in [0.1, 0.15) is 24.2 Å². The fourth-order valence-electron chi connectivity index (χ4n) is 4.61. The van der Waals surface area contributed by atoms with Crippen LogP contribution in [0.5, 0.6) is 0 Å². The van der Waals surface area contributed by atoms with Gasteiger partial charge in [-0.05, 0) is 80.9 Å². The molecule has 1 fully saturated rings. The van der Waals surface area contributed by atoms with E-state index >= 15 is 0 Å². The summed E-state index contributed by atoms with van der Waals surface area (Å²) < 4.78 is 3.29. The minimum absolute atomic E-state index is 0.0469. The molecule has 0 unspecified atom stereocenters. The van der Waals surface area contributed by atoms with Gasteiger partial charge in [0.1, 0.15) is 5.82 Å². The zero-order valence-electron chi connectivity index (χ0n) is 18.7. The number of aromatic nitrogens is 2. The summed E-state index contributed by atoms with van der Waals surface area (Å²) in [6.45, 7) is 4.56. The summed E-state index contributed by atoms with van der Waals surface area (Å²) in [7, 11) is 0. The quantitative estimate of drug-likeness (QED) is 0.366. The molecule has 0 spiro atoms. The molecule has 33 heavy (non-hydrogen) atoms. The average Bonchev–Trinajstić information content (AvgIpc) is 3.17. The zero-order valence-corrected chi connectivity index (χ0v) is 20.3. The minimum Gasteiger partial charge on any atom is -0.326 e. The second-order valence-corrected chi connectivity index (χ2v) is 9.66. The van der Waals surface area contributed by atoms with E-state index in [-0.39, 0.29) is 11.8 Å². The predicted molar refractivity (Wildman–Crippen MR) is 137 cm³/mol. The number of benzene rings is 3. The van der Waals surface area contributed by atoms with Gasteiger partial charge in [-0.1, -0.05) is 46.3 Å².